The molecule has 0 amide bonds. The number of nitrogens with one attached hydrogen (secondary N) is 2. The van der Waals surface area contributed by atoms with Gasteiger partial charge in [-0.15, -0.1) is 0 Å². The van der Waals surface area contributed by atoms with E-state index in [0.29, 0.717) is 17.1 Å². The molecule has 0 radical (unpaired) electrons. The lowest BCUT2D eigenvalue weighted by atomic mass is 10.1. The van der Waals surface area contributed by atoms with Gasteiger partial charge in [-0.25, -0.2) is 9.97 Å². The number of pyridine rings is 1. The van der Waals surface area contributed by atoms with Crippen LogP contribution >= 0.6 is 0 Å². The van der Waals surface area contributed by atoms with Crippen molar-refractivity contribution in [2.45, 2.75) is 19.9 Å². The second-order valence-corrected chi connectivity index (χ2v) is 7.33. The number of aromatic nitrogens is 4. The van der Waals surface area contributed by atoms with Gasteiger partial charge in [-0.2, -0.15) is 10.2 Å². The Morgan fingerprint density at radius 3 is 2.76 bits per heavy atom. The van der Waals surface area contributed by atoms with E-state index in [0.717, 1.165) is 48.6 Å². The van der Waals surface area contributed by atoms with E-state index >= 15 is 0 Å². The second-order valence-electron chi connectivity index (χ2n) is 7.33. The molecule has 1 fully saturated rings. The molecule has 150 valence electrons. The van der Waals surface area contributed by atoms with Crippen LogP contribution in [0.5, 0.6) is 0 Å². The van der Waals surface area contributed by atoms with Crippen LogP contribution in [0.25, 0.3) is 11.0 Å². The number of nitrogens with zero attached hydrogens (tertiary/aromatic N) is 6. The van der Waals surface area contributed by atoms with Crippen LogP contribution < -0.4 is 21.3 Å². The Kier molecular flexibility index (Phi) is 4.94. The largest absolute Gasteiger partial charge is 0.368 e. The van der Waals surface area contributed by atoms with E-state index in [2.05, 4.69) is 42.2 Å². The van der Waals surface area contributed by atoms with Crippen LogP contribution in [0.4, 0.5) is 17.5 Å². The zero-order valence-electron chi connectivity index (χ0n) is 16.9. The minimum atomic E-state index is -0.176. The topological polar surface area (TPSA) is 121 Å². The van der Waals surface area contributed by atoms with Gasteiger partial charge in [0.15, 0.2) is 0 Å². The Morgan fingerprint density at radius 2 is 2.03 bits per heavy atom. The van der Waals surface area contributed by atoms with E-state index < -0.39 is 0 Å². The summed E-state index contributed by atoms with van der Waals surface area (Å²) >= 11 is 0. The van der Waals surface area contributed by atoms with Crippen molar-refractivity contribution in [3.8, 4) is 6.07 Å². The summed E-state index contributed by atoms with van der Waals surface area (Å²) < 4.78 is 2.08. The van der Waals surface area contributed by atoms with Crippen LogP contribution in [0.15, 0.2) is 18.3 Å². The first kappa shape index (κ1) is 19.0. The fourth-order valence-electron chi connectivity index (χ4n) is 3.77. The summed E-state index contributed by atoms with van der Waals surface area (Å²) in [4.78, 5) is 15.7. The molecule has 0 spiro atoms. The molecule has 4 rings (SSSR count). The molecule has 1 aliphatic rings. The minimum absolute atomic E-state index is 0.144. The van der Waals surface area contributed by atoms with E-state index in [1.54, 1.807) is 6.92 Å². The molecule has 3 aromatic heterocycles. The molecule has 4 heterocycles. The normalized spacial score (nSPS) is 15.3. The van der Waals surface area contributed by atoms with Gasteiger partial charge in [0.1, 0.15) is 17.5 Å². The van der Waals surface area contributed by atoms with Crippen molar-refractivity contribution in [1.82, 2.24) is 24.8 Å². The molecule has 3 aromatic rings. The summed E-state index contributed by atoms with van der Waals surface area (Å²) in [7, 11) is 2.03. The number of hydrogen-bond donors (Lipinski definition) is 3. The highest BCUT2D eigenvalue weighted by atomic mass is 15.2. The van der Waals surface area contributed by atoms with Crippen molar-refractivity contribution >= 4 is 28.5 Å². The number of nitrogens with two attached hydrogens (primary N) is 1. The number of rotatable bonds is 4. The van der Waals surface area contributed by atoms with E-state index in [1.165, 1.54) is 0 Å². The van der Waals surface area contributed by atoms with Gasteiger partial charge in [0.25, 0.3) is 0 Å². The fourth-order valence-corrected chi connectivity index (χ4v) is 3.77. The Balaban J connectivity index is 1.77. The molecule has 1 aliphatic heterocycles. The number of piperazine rings is 1. The SMILES string of the molecule is Cc1nc(N)nc(N[C@@H](C)c2nc3ccn(C)c3cc2N2CCNCC2)c1C#N. The van der Waals surface area contributed by atoms with Gasteiger partial charge >= 0.3 is 0 Å². The fraction of sp³-hybridized carbons (Fsp3) is 0.400. The molecule has 1 atom stereocenters. The number of fused-ring (bicyclic) bond motifs is 1. The van der Waals surface area contributed by atoms with Gasteiger partial charge in [0.05, 0.1) is 34.2 Å². The molecule has 9 nitrogen and oxygen atoms in total. The summed E-state index contributed by atoms with van der Waals surface area (Å²) in [5.41, 5.74) is 10.8. The van der Waals surface area contributed by atoms with Crippen LogP contribution in [0.3, 0.4) is 0 Å². The highest BCUT2D eigenvalue weighted by molar-refractivity contribution is 5.81. The van der Waals surface area contributed by atoms with E-state index in [9.17, 15) is 5.26 Å². The summed E-state index contributed by atoms with van der Waals surface area (Å²) in [6.45, 7) is 7.49. The van der Waals surface area contributed by atoms with Crippen LogP contribution in [0.2, 0.25) is 0 Å². The summed E-state index contributed by atoms with van der Waals surface area (Å²) in [6, 6.07) is 6.21. The third kappa shape index (κ3) is 3.54. The maximum atomic E-state index is 9.53. The van der Waals surface area contributed by atoms with Crippen molar-refractivity contribution in [3.05, 3.63) is 35.3 Å². The first-order chi connectivity index (χ1) is 14.0. The third-order valence-electron chi connectivity index (χ3n) is 5.32. The molecule has 0 unspecified atom stereocenters. The number of hydrogen-bond acceptors (Lipinski definition) is 8. The lowest BCUT2D eigenvalue weighted by molar-refractivity contribution is 0.585. The average molecular weight is 391 g/mol. The minimum Gasteiger partial charge on any atom is -0.368 e. The monoisotopic (exact) mass is 391 g/mol. The van der Waals surface area contributed by atoms with Gasteiger partial charge in [-0.3, -0.25) is 0 Å². The van der Waals surface area contributed by atoms with E-state index in [-0.39, 0.29) is 12.0 Å². The van der Waals surface area contributed by atoms with Crippen molar-refractivity contribution in [3.63, 3.8) is 0 Å². The number of aryl methyl sites for hydroxylation is 2. The van der Waals surface area contributed by atoms with Crippen LogP contribution in [0.1, 0.15) is 29.9 Å². The zero-order chi connectivity index (χ0) is 20.5. The lowest BCUT2D eigenvalue weighted by Gasteiger charge is -2.32. The van der Waals surface area contributed by atoms with Gasteiger partial charge in [0, 0.05) is 39.4 Å². The molecule has 29 heavy (non-hydrogen) atoms. The van der Waals surface area contributed by atoms with Gasteiger partial charge < -0.3 is 25.8 Å². The molecule has 0 aromatic carbocycles. The average Bonchev–Trinajstić information content (AvgIpc) is 3.07. The van der Waals surface area contributed by atoms with Crippen LogP contribution in [-0.4, -0.2) is 45.7 Å². The van der Waals surface area contributed by atoms with E-state index in [1.807, 2.05) is 26.2 Å². The molecule has 0 saturated carbocycles. The first-order valence-electron chi connectivity index (χ1n) is 9.70. The zero-order valence-corrected chi connectivity index (χ0v) is 16.9. The lowest BCUT2D eigenvalue weighted by Crippen LogP contribution is -2.44. The summed E-state index contributed by atoms with van der Waals surface area (Å²) in [6.07, 6.45) is 2.02. The summed E-state index contributed by atoms with van der Waals surface area (Å²) in [5, 5.41) is 16.3. The van der Waals surface area contributed by atoms with E-state index in [4.69, 9.17) is 10.7 Å². The van der Waals surface area contributed by atoms with Gasteiger partial charge in [-0.05, 0) is 26.0 Å². The molecular weight excluding hydrogens is 366 g/mol. The molecule has 1 saturated heterocycles. The highest BCUT2D eigenvalue weighted by Gasteiger charge is 2.22. The number of anilines is 3. The quantitative estimate of drug-likeness (QED) is 0.615. The molecule has 0 aliphatic carbocycles. The Hall–Kier alpha value is -3.38. The summed E-state index contributed by atoms with van der Waals surface area (Å²) in [5.74, 6) is 0.580. The predicted octanol–water partition coefficient (Wildman–Crippen LogP) is 1.71. The maximum absolute atomic E-state index is 9.53. The Morgan fingerprint density at radius 1 is 1.28 bits per heavy atom. The molecule has 4 N–H and O–H groups in total. The smallest absolute Gasteiger partial charge is 0.222 e. The van der Waals surface area contributed by atoms with Crippen LogP contribution in [-0.2, 0) is 7.05 Å². The van der Waals surface area contributed by atoms with Crippen molar-refractivity contribution in [2.24, 2.45) is 7.05 Å². The van der Waals surface area contributed by atoms with Crippen molar-refractivity contribution < 1.29 is 0 Å². The van der Waals surface area contributed by atoms with Crippen LogP contribution in [0, 0.1) is 18.3 Å². The molecule has 0 bridgehead atoms. The number of nitriles is 1. The standard InChI is InChI=1S/C20H25N9/c1-12-14(11-21)19(27-20(22)25-12)24-13(2)18-17(29-8-5-23-6-9-29)10-16-15(26-18)4-7-28(16)3/h4,7,10,13,23H,5-6,8-9H2,1-3H3,(H3,22,24,25,27)/t13-/m0/s1. The second kappa shape index (κ2) is 7.56. The predicted molar refractivity (Wildman–Crippen MR) is 114 cm³/mol. The molecular formula is C20H25N9. The van der Waals surface area contributed by atoms with Crippen molar-refractivity contribution in [2.75, 3.05) is 42.1 Å². The number of nitrogen functional groups attached to an aromatic ring is 1. The highest BCUT2D eigenvalue weighted by Crippen LogP contribution is 2.32. The van der Waals surface area contributed by atoms with Gasteiger partial charge in [-0.1, -0.05) is 0 Å². The van der Waals surface area contributed by atoms with Crippen molar-refractivity contribution in [1.29, 1.82) is 5.26 Å². The Labute approximate surface area is 169 Å². The van der Waals surface area contributed by atoms with Gasteiger partial charge in [0.2, 0.25) is 5.95 Å². The maximum Gasteiger partial charge on any atom is 0.222 e. The third-order valence-corrected chi connectivity index (χ3v) is 5.32. The molecule has 9 heteroatoms. The first-order valence-corrected chi connectivity index (χ1v) is 9.70. The Bertz CT molecular complexity index is 1090.